The molecule has 3 heteroatoms. The van der Waals surface area contributed by atoms with Crippen molar-refractivity contribution in [1.29, 1.82) is 0 Å². The van der Waals surface area contributed by atoms with Crippen LogP contribution in [0, 0.1) is 0 Å². The Kier molecular flexibility index (Phi) is 6.94. The third-order valence-corrected chi connectivity index (χ3v) is 3.26. The highest BCUT2D eigenvalue weighted by Gasteiger charge is 2.17. The fourth-order valence-electron chi connectivity index (χ4n) is 2.22. The monoisotopic (exact) mass is 249 g/mol. The lowest BCUT2D eigenvalue weighted by atomic mass is 10.1. The van der Waals surface area contributed by atoms with E-state index in [0.717, 1.165) is 19.4 Å². The molecule has 3 nitrogen and oxygen atoms in total. The summed E-state index contributed by atoms with van der Waals surface area (Å²) in [7, 11) is 1.99. The molecule has 0 radical (unpaired) electrons. The van der Waals surface area contributed by atoms with Crippen LogP contribution < -0.4 is 10.7 Å². The predicted molar refractivity (Wildman–Crippen MR) is 78.1 cm³/mol. The zero-order chi connectivity index (χ0) is 13.4. The van der Waals surface area contributed by atoms with Gasteiger partial charge in [-0.05, 0) is 32.4 Å². The standard InChI is InChI=1S/C15H27N3/c1-5-12-18(16-4)15(6-2)17-13(3)14-10-8-7-9-11-14/h7-11,13,15-17H,5-6,12H2,1-4H3. The Morgan fingerprint density at radius 3 is 2.33 bits per heavy atom. The van der Waals surface area contributed by atoms with Gasteiger partial charge in [0.25, 0.3) is 0 Å². The minimum atomic E-state index is 0.365. The smallest absolute Gasteiger partial charge is 0.0734 e. The van der Waals surface area contributed by atoms with Crippen molar-refractivity contribution in [2.24, 2.45) is 0 Å². The predicted octanol–water partition coefficient (Wildman–Crippen LogP) is 2.92. The van der Waals surface area contributed by atoms with Gasteiger partial charge < -0.3 is 0 Å². The maximum Gasteiger partial charge on any atom is 0.0734 e. The summed E-state index contributed by atoms with van der Waals surface area (Å²) in [6.07, 6.45) is 2.60. The first kappa shape index (κ1) is 15.2. The van der Waals surface area contributed by atoms with Crippen molar-refractivity contribution in [3.05, 3.63) is 35.9 Å². The second-order valence-electron chi connectivity index (χ2n) is 4.64. The molecule has 0 bridgehead atoms. The zero-order valence-electron chi connectivity index (χ0n) is 12.1. The van der Waals surface area contributed by atoms with Crippen LogP contribution in [0.25, 0.3) is 0 Å². The number of hydrazine groups is 1. The van der Waals surface area contributed by atoms with Gasteiger partial charge in [0.15, 0.2) is 0 Å². The van der Waals surface area contributed by atoms with Crippen LogP contribution in [0.2, 0.25) is 0 Å². The van der Waals surface area contributed by atoms with Crippen LogP contribution in [0.1, 0.15) is 45.2 Å². The van der Waals surface area contributed by atoms with Gasteiger partial charge in [0.05, 0.1) is 6.17 Å². The van der Waals surface area contributed by atoms with Gasteiger partial charge in [-0.15, -0.1) is 0 Å². The van der Waals surface area contributed by atoms with Crippen LogP contribution in [0.15, 0.2) is 30.3 Å². The van der Waals surface area contributed by atoms with Crippen LogP contribution in [-0.4, -0.2) is 24.8 Å². The maximum atomic E-state index is 3.68. The van der Waals surface area contributed by atoms with Gasteiger partial charge in [-0.1, -0.05) is 44.2 Å². The summed E-state index contributed by atoms with van der Waals surface area (Å²) in [5.74, 6) is 0. The molecule has 0 aliphatic heterocycles. The lowest BCUT2D eigenvalue weighted by molar-refractivity contribution is 0.101. The number of nitrogens with zero attached hydrogens (tertiary/aromatic N) is 1. The minimum absolute atomic E-state index is 0.365. The molecule has 0 saturated carbocycles. The highest BCUT2D eigenvalue weighted by atomic mass is 15.5. The van der Waals surface area contributed by atoms with Crippen molar-refractivity contribution in [1.82, 2.24) is 15.8 Å². The highest BCUT2D eigenvalue weighted by molar-refractivity contribution is 5.18. The number of hydrogen-bond acceptors (Lipinski definition) is 3. The lowest BCUT2D eigenvalue weighted by Gasteiger charge is -2.33. The average Bonchev–Trinajstić information content (AvgIpc) is 2.43. The summed E-state index contributed by atoms with van der Waals surface area (Å²) in [5.41, 5.74) is 4.62. The van der Waals surface area contributed by atoms with Crippen LogP contribution in [0.3, 0.4) is 0 Å². The van der Waals surface area contributed by atoms with Gasteiger partial charge in [0.1, 0.15) is 0 Å². The molecular formula is C15H27N3. The molecule has 102 valence electrons. The molecule has 1 aromatic rings. The molecule has 1 aromatic carbocycles. The molecule has 1 rings (SSSR count). The zero-order valence-corrected chi connectivity index (χ0v) is 12.1. The topological polar surface area (TPSA) is 27.3 Å². The summed E-state index contributed by atoms with van der Waals surface area (Å²) < 4.78 is 0. The largest absolute Gasteiger partial charge is 0.294 e. The van der Waals surface area contributed by atoms with Crippen molar-refractivity contribution in [3.8, 4) is 0 Å². The fourth-order valence-corrected chi connectivity index (χ4v) is 2.22. The molecule has 0 aliphatic rings. The first-order valence-electron chi connectivity index (χ1n) is 6.97. The van der Waals surface area contributed by atoms with Crippen LogP contribution in [0.5, 0.6) is 0 Å². The Hall–Kier alpha value is -0.900. The van der Waals surface area contributed by atoms with Crippen molar-refractivity contribution >= 4 is 0 Å². The summed E-state index contributed by atoms with van der Waals surface area (Å²) in [5, 5.41) is 5.96. The van der Waals surface area contributed by atoms with E-state index in [1.807, 2.05) is 7.05 Å². The van der Waals surface area contributed by atoms with E-state index in [1.54, 1.807) is 0 Å². The molecule has 0 aliphatic carbocycles. The Morgan fingerprint density at radius 1 is 1.17 bits per heavy atom. The third-order valence-electron chi connectivity index (χ3n) is 3.26. The Morgan fingerprint density at radius 2 is 1.83 bits per heavy atom. The molecule has 0 heterocycles. The Labute approximate surface area is 112 Å². The van der Waals surface area contributed by atoms with E-state index in [1.165, 1.54) is 5.56 Å². The first-order chi connectivity index (χ1) is 8.72. The van der Waals surface area contributed by atoms with Crippen LogP contribution >= 0.6 is 0 Å². The van der Waals surface area contributed by atoms with E-state index < -0.39 is 0 Å². The van der Waals surface area contributed by atoms with Crippen molar-refractivity contribution in [2.75, 3.05) is 13.6 Å². The van der Waals surface area contributed by atoms with Gasteiger partial charge in [-0.25, -0.2) is 5.01 Å². The van der Waals surface area contributed by atoms with Gasteiger partial charge in [0, 0.05) is 12.6 Å². The Balaban J connectivity index is 2.62. The van der Waals surface area contributed by atoms with Crippen LogP contribution in [-0.2, 0) is 0 Å². The maximum absolute atomic E-state index is 3.68. The number of benzene rings is 1. The molecule has 0 amide bonds. The highest BCUT2D eigenvalue weighted by Crippen LogP contribution is 2.13. The van der Waals surface area contributed by atoms with Crippen molar-refractivity contribution < 1.29 is 0 Å². The number of hydrogen-bond donors (Lipinski definition) is 2. The summed E-state index contributed by atoms with van der Waals surface area (Å²) in [4.78, 5) is 0. The second kappa shape index (κ2) is 8.25. The molecule has 2 atom stereocenters. The van der Waals surface area contributed by atoms with E-state index in [4.69, 9.17) is 0 Å². The van der Waals surface area contributed by atoms with E-state index in [9.17, 15) is 0 Å². The lowest BCUT2D eigenvalue weighted by Crippen LogP contribution is -2.51. The second-order valence-corrected chi connectivity index (χ2v) is 4.64. The van der Waals surface area contributed by atoms with Gasteiger partial charge >= 0.3 is 0 Å². The van der Waals surface area contributed by atoms with E-state index in [-0.39, 0.29) is 0 Å². The van der Waals surface area contributed by atoms with E-state index in [2.05, 4.69) is 66.9 Å². The Bertz CT molecular complexity index is 313. The first-order valence-corrected chi connectivity index (χ1v) is 6.97. The quantitative estimate of drug-likeness (QED) is 0.548. The molecule has 18 heavy (non-hydrogen) atoms. The minimum Gasteiger partial charge on any atom is -0.294 e. The third kappa shape index (κ3) is 4.41. The molecule has 0 saturated heterocycles. The number of rotatable bonds is 8. The van der Waals surface area contributed by atoms with Gasteiger partial charge in [0.2, 0.25) is 0 Å². The van der Waals surface area contributed by atoms with E-state index >= 15 is 0 Å². The summed E-state index contributed by atoms with van der Waals surface area (Å²) in [6, 6.07) is 11.0. The molecule has 2 unspecified atom stereocenters. The summed E-state index contributed by atoms with van der Waals surface area (Å²) in [6.45, 7) is 7.70. The average molecular weight is 249 g/mol. The summed E-state index contributed by atoms with van der Waals surface area (Å²) >= 11 is 0. The number of nitrogens with one attached hydrogen (secondary N) is 2. The normalized spacial score (nSPS) is 14.7. The fraction of sp³-hybridized carbons (Fsp3) is 0.600. The van der Waals surface area contributed by atoms with Gasteiger partial charge in [-0.2, -0.15) is 0 Å². The molecule has 0 spiro atoms. The van der Waals surface area contributed by atoms with Crippen molar-refractivity contribution in [3.63, 3.8) is 0 Å². The molecule has 0 aromatic heterocycles. The molecular weight excluding hydrogens is 222 g/mol. The van der Waals surface area contributed by atoms with Crippen molar-refractivity contribution in [2.45, 2.75) is 45.8 Å². The van der Waals surface area contributed by atoms with E-state index in [0.29, 0.717) is 12.2 Å². The van der Waals surface area contributed by atoms with Gasteiger partial charge in [-0.3, -0.25) is 10.7 Å². The molecule has 0 fully saturated rings. The van der Waals surface area contributed by atoms with Crippen LogP contribution in [0.4, 0.5) is 0 Å². The molecule has 2 N–H and O–H groups in total. The SMILES string of the molecule is CCCN(NC)C(CC)NC(C)c1ccccc1.